The van der Waals surface area contributed by atoms with Crippen LogP contribution in [0.25, 0.3) is 34.1 Å². The highest BCUT2D eigenvalue weighted by Crippen LogP contribution is 2.28. The topological polar surface area (TPSA) is 70.7 Å². The van der Waals surface area contributed by atoms with E-state index in [0.717, 1.165) is 46.4 Å². The first-order valence-electron chi connectivity index (χ1n) is 11.1. The average Bonchev–Trinajstić information content (AvgIpc) is 3.24. The molecule has 5 heteroatoms. The smallest absolute Gasteiger partial charge is 0.247 e. The molecule has 4 rings (SSSR count). The van der Waals surface area contributed by atoms with Gasteiger partial charge in [0, 0.05) is 23.0 Å². The van der Waals surface area contributed by atoms with Crippen molar-refractivity contribution < 1.29 is 4.79 Å². The zero-order chi connectivity index (χ0) is 23.4. The number of aryl methyl sites for hydroxylation is 2. The van der Waals surface area contributed by atoms with Crippen LogP contribution in [0.15, 0.2) is 67.5 Å². The number of carbonyl (C=O) groups excluding carboxylic acids is 1. The number of anilines is 1. The first kappa shape index (κ1) is 22.2. The van der Waals surface area contributed by atoms with Crippen LogP contribution in [0.2, 0.25) is 0 Å². The third-order valence-corrected chi connectivity index (χ3v) is 5.61. The minimum absolute atomic E-state index is 0.249. The Balaban J connectivity index is 1.72. The van der Waals surface area contributed by atoms with E-state index in [0.29, 0.717) is 5.69 Å². The molecule has 0 spiro atoms. The summed E-state index contributed by atoms with van der Waals surface area (Å²) in [5.41, 5.74) is 9.91. The summed E-state index contributed by atoms with van der Waals surface area (Å²) >= 11 is 0. The van der Waals surface area contributed by atoms with Crippen molar-refractivity contribution in [3.05, 3.63) is 89.8 Å². The lowest BCUT2D eigenvalue weighted by Gasteiger charge is -2.08. The molecule has 166 valence electrons. The molecule has 2 heterocycles. The third kappa shape index (κ3) is 4.93. The molecule has 0 radical (unpaired) electrons. The van der Waals surface area contributed by atoms with E-state index in [4.69, 9.17) is 4.98 Å². The Labute approximate surface area is 194 Å². The Kier molecular flexibility index (Phi) is 6.50. The van der Waals surface area contributed by atoms with Gasteiger partial charge in [-0.25, -0.2) is 9.97 Å². The number of nitrogens with zero attached hydrogens (tertiary/aromatic N) is 2. The first-order valence-corrected chi connectivity index (χ1v) is 11.1. The van der Waals surface area contributed by atoms with E-state index in [2.05, 4.69) is 66.9 Å². The van der Waals surface area contributed by atoms with Gasteiger partial charge in [-0.3, -0.25) is 4.79 Å². The number of hydrogen-bond acceptors (Lipinski definition) is 3. The monoisotopic (exact) mass is 436 g/mol. The van der Waals surface area contributed by atoms with Crippen molar-refractivity contribution in [1.82, 2.24) is 15.0 Å². The number of fused-ring (bicyclic) bond motifs is 1. The average molecular weight is 437 g/mol. The van der Waals surface area contributed by atoms with Gasteiger partial charge in [0.05, 0.1) is 11.9 Å². The van der Waals surface area contributed by atoms with E-state index in [9.17, 15) is 4.79 Å². The Morgan fingerprint density at radius 1 is 1.21 bits per heavy atom. The molecule has 0 fully saturated rings. The lowest BCUT2D eigenvalue weighted by Crippen LogP contribution is -2.07. The van der Waals surface area contributed by atoms with Gasteiger partial charge < -0.3 is 10.3 Å². The molecule has 2 aromatic heterocycles. The van der Waals surface area contributed by atoms with Crippen LogP contribution in [0.5, 0.6) is 0 Å². The van der Waals surface area contributed by atoms with E-state index < -0.39 is 0 Å². The first-order chi connectivity index (χ1) is 16.0. The van der Waals surface area contributed by atoms with Gasteiger partial charge in [0.25, 0.3) is 0 Å². The summed E-state index contributed by atoms with van der Waals surface area (Å²) in [4.78, 5) is 24.4. The Bertz CT molecular complexity index is 1360. The normalized spacial score (nSPS) is 11.5. The Morgan fingerprint density at radius 3 is 2.85 bits per heavy atom. The van der Waals surface area contributed by atoms with Gasteiger partial charge in [0.2, 0.25) is 5.91 Å². The number of aromatic nitrogens is 3. The van der Waals surface area contributed by atoms with Crippen LogP contribution in [0.3, 0.4) is 0 Å². The molecule has 33 heavy (non-hydrogen) atoms. The number of aromatic amines is 1. The zero-order valence-electron chi connectivity index (χ0n) is 19.3. The van der Waals surface area contributed by atoms with Crippen LogP contribution < -0.4 is 5.32 Å². The summed E-state index contributed by atoms with van der Waals surface area (Å²) in [7, 11) is 0. The number of benzene rings is 2. The molecular weight excluding hydrogens is 408 g/mol. The largest absolute Gasteiger partial charge is 0.344 e. The van der Waals surface area contributed by atoms with Gasteiger partial charge in [-0.1, -0.05) is 61.9 Å². The second kappa shape index (κ2) is 9.65. The molecule has 0 aliphatic rings. The number of carbonyl (C=O) groups is 1. The minimum Gasteiger partial charge on any atom is -0.344 e. The molecule has 0 saturated heterocycles. The molecule has 4 aromatic rings. The van der Waals surface area contributed by atoms with Gasteiger partial charge in [-0.2, -0.15) is 0 Å². The summed E-state index contributed by atoms with van der Waals surface area (Å²) < 4.78 is 0. The highest BCUT2D eigenvalue weighted by molar-refractivity contribution is 5.99. The Hall–Kier alpha value is -3.99. The van der Waals surface area contributed by atoms with Crippen molar-refractivity contribution in [2.24, 2.45) is 0 Å². The standard InChI is InChI=1S/C28H28N4O/c1-5-8-20-13-18(3)11-12-21(20)14-19(4)24-16-29-28-27(24)32-25(17-30-28)22-9-7-10-23(15-22)31-26(33)6-2/h6-7,9-17H,2,5,8H2,1,3-4H3,(H,29,30)(H,31,33)/b19-14+. The summed E-state index contributed by atoms with van der Waals surface area (Å²) in [6, 6.07) is 14.2. The molecule has 0 aliphatic heterocycles. The van der Waals surface area contributed by atoms with Gasteiger partial charge >= 0.3 is 0 Å². The number of amides is 1. The second-order valence-corrected chi connectivity index (χ2v) is 8.21. The number of allylic oxidation sites excluding steroid dienone is 1. The molecule has 1 amide bonds. The fraction of sp³-hybridized carbons (Fsp3) is 0.179. The van der Waals surface area contributed by atoms with Crippen LogP contribution in [-0.2, 0) is 11.2 Å². The summed E-state index contributed by atoms with van der Waals surface area (Å²) in [5.74, 6) is -0.249. The van der Waals surface area contributed by atoms with Crippen molar-refractivity contribution in [2.45, 2.75) is 33.6 Å². The molecule has 0 bridgehead atoms. The third-order valence-electron chi connectivity index (χ3n) is 5.61. The predicted molar refractivity (Wildman–Crippen MR) is 137 cm³/mol. The van der Waals surface area contributed by atoms with Crippen molar-refractivity contribution in [3.8, 4) is 11.3 Å². The maximum atomic E-state index is 11.7. The van der Waals surface area contributed by atoms with Gasteiger partial charge in [0.1, 0.15) is 5.52 Å². The molecule has 2 aromatic carbocycles. The highest BCUT2D eigenvalue weighted by Gasteiger charge is 2.12. The Morgan fingerprint density at radius 2 is 2.06 bits per heavy atom. The zero-order valence-corrected chi connectivity index (χ0v) is 19.3. The molecule has 5 nitrogen and oxygen atoms in total. The van der Waals surface area contributed by atoms with Crippen LogP contribution in [-0.4, -0.2) is 20.9 Å². The summed E-state index contributed by atoms with van der Waals surface area (Å²) in [6.45, 7) is 9.95. The number of hydrogen-bond donors (Lipinski definition) is 2. The maximum absolute atomic E-state index is 11.7. The predicted octanol–water partition coefficient (Wildman–Crippen LogP) is 6.57. The van der Waals surface area contributed by atoms with Crippen LogP contribution in [0.1, 0.15) is 42.5 Å². The second-order valence-electron chi connectivity index (χ2n) is 8.21. The quantitative estimate of drug-likeness (QED) is 0.322. The minimum atomic E-state index is -0.249. The van der Waals surface area contributed by atoms with E-state index in [1.807, 2.05) is 30.5 Å². The van der Waals surface area contributed by atoms with Crippen LogP contribution in [0, 0.1) is 6.92 Å². The van der Waals surface area contributed by atoms with E-state index in [1.54, 1.807) is 6.20 Å². The maximum Gasteiger partial charge on any atom is 0.247 e. The van der Waals surface area contributed by atoms with Crippen molar-refractivity contribution in [2.75, 3.05) is 5.32 Å². The number of rotatable bonds is 7. The van der Waals surface area contributed by atoms with Crippen LogP contribution in [0.4, 0.5) is 5.69 Å². The molecule has 0 saturated carbocycles. The molecule has 0 unspecified atom stereocenters. The van der Waals surface area contributed by atoms with E-state index in [-0.39, 0.29) is 5.91 Å². The lowest BCUT2D eigenvalue weighted by molar-refractivity contribution is -0.111. The summed E-state index contributed by atoms with van der Waals surface area (Å²) in [5, 5.41) is 2.79. The SMILES string of the molecule is C=CC(=O)Nc1cccc(-c2cnc3[nH]cc(/C(C)=C/c4ccc(C)cc4CCC)c3n2)c1. The van der Waals surface area contributed by atoms with Gasteiger partial charge in [-0.05, 0) is 55.2 Å². The van der Waals surface area contributed by atoms with Gasteiger partial charge in [0.15, 0.2) is 5.65 Å². The fourth-order valence-electron chi connectivity index (χ4n) is 3.95. The molecule has 2 N–H and O–H groups in total. The van der Waals surface area contributed by atoms with Crippen molar-refractivity contribution in [3.63, 3.8) is 0 Å². The molecular formula is C28H28N4O. The number of nitrogens with one attached hydrogen (secondary N) is 2. The highest BCUT2D eigenvalue weighted by atomic mass is 16.1. The lowest BCUT2D eigenvalue weighted by atomic mass is 9.97. The molecule has 0 aliphatic carbocycles. The molecule has 0 atom stereocenters. The number of H-pyrrole nitrogens is 1. The van der Waals surface area contributed by atoms with Crippen molar-refractivity contribution in [1.29, 1.82) is 0 Å². The van der Waals surface area contributed by atoms with E-state index >= 15 is 0 Å². The van der Waals surface area contributed by atoms with E-state index in [1.165, 1.54) is 22.8 Å². The fourth-order valence-corrected chi connectivity index (χ4v) is 3.95. The van der Waals surface area contributed by atoms with Crippen LogP contribution >= 0.6 is 0 Å². The van der Waals surface area contributed by atoms with Crippen molar-refractivity contribution >= 4 is 34.4 Å². The summed E-state index contributed by atoms with van der Waals surface area (Å²) in [6.07, 6.45) is 9.35. The van der Waals surface area contributed by atoms with Gasteiger partial charge in [-0.15, -0.1) is 0 Å².